The van der Waals surface area contributed by atoms with E-state index in [0.717, 1.165) is 4.90 Å². The molecule has 0 radical (unpaired) electrons. The lowest BCUT2D eigenvalue weighted by molar-refractivity contribution is 0.410. The summed E-state index contributed by atoms with van der Waals surface area (Å²) in [7, 11) is 3.15. The highest BCUT2D eigenvalue weighted by molar-refractivity contribution is 8.13. The topological polar surface area (TPSA) is 43.4 Å². The fourth-order valence-electron chi connectivity index (χ4n) is 1.18. The molecule has 0 spiro atoms. The third-order valence-corrected chi connectivity index (χ3v) is 3.52. The van der Waals surface area contributed by atoms with Crippen LogP contribution < -0.4 is 4.74 Å². The van der Waals surface area contributed by atoms with Gasteiger partial charge in [-0.25, -0.2) is 8.42 Å². The van der Waals surface area contributed by atoms with E-state index in [9.17, 15) is 8.42 Å². The summed E-state index contributed by atoms with van der Waals surface area (Å²) >= 11 is 1.53. The molecule has 6 heteroatoms. The SMILES string of the molecule is COc1ccc(SC)cc1CS(=O)(=O)Cl. The number of halogens is 1. The van der Waals surface area contributed by atoms with Gasteiger partial charge in [-0.3, -0.25) is 0 Å². The van der Waals surface area contributed by atoms with Crippen molar-refractivity contribution in [1.29, 1.82) is 0 Å². The first-order valence-electron chi connectivity index (χ1n) is 4.09. The Bertz CT molecular complexity index is 443. The number of rotatable bonds is 4. The van der Waals surface area contributed by atoms with Gasteiger partial charge < -0.3 is 4.74 Å². The molecule has 0 bridgehead atoms. The lowest BCUT2D eigenvalue weighted by atomic mass is 10.2. The highest BCUT2D eigenvalue weighted by Gasteiger charge is 2.12. The van der Waals surface area contributed by atoms with Gasteiger partial charge in [0.05, 0.1) is 12.9 Å². The number of benzene rings is 1. The molecule has 1 aromatic carbocycles. The Kier molecular flexibility index (Phi) is 4.31. The van der Waals surface area contributed by atoms with E-state index in [0.29, 0.717) is 11.3 Å². The monoisotopic (exact) mass is 266 g/mol. The molecule has 1 rings (SSSR count). The Balaban J connectivity index is 3.12. The third-order valence-electron chi connectivity index (χ3n) is 1.82. The summed E-state index contributed by atoms with van der Waals surface area (Å²) in [6, 6.07) is 5.38. The van der Waals surface area contributed by atoms with Gasteiger partial charge in [0.25, 0.3) is 0 Å². The number of thioether (sulfide) groups is 1. The van der Waals surface area contributed by atoms with Crippen molar-refractivity contribution in [3.05, 3.63) is 23.8 Å². The number of hydrogen-bond acceptors (Lipinski definition) is 4. The van der Waals surface area contributed by atoms with Crippen molar-refractivity contribution in [2.24, 2.45) is 0 Å². The zero-order chi connectivity index (χ0) is 11.5. The number of methoxy groups -OCH3 is 1. The van der Waals surface area contributed by atoms with E-state index in [-0.39, 0.29) is 5.75 Å². The molecule has 0 aliphatic rings. The van der Waals surface area contributed by atoms with E-state index in [1.54, 1.807) is 12.1 Å². The van der Waals surface area contributed by atoms with Crippen LogP contribution in [0.4, 0.5) is 0 Å². The Morgan fingerprint density at radius 3 is 2.60 bits per heavy atom. The van der Waals surface area contributed by atoms with Crippen molar-refractivity contribution in [1.82, 2.24) is 0 Å². The number of hydrogen-bond donors (Lipinski definition) is 0. The summed E-state index contributed by atoms with van der Waals surface area (Å²) < 4.78 is 27.0. The molecule has 0 heterocycles. The second-order valence-electron chi connectivity index (χ2n) is 2.86. The summed E-state index contributed by atoms with van der Waals surface area (Å²) in [5, 5.41) is 0. The average Bonchev–Trinajstić information content (AvgIpc) is 2.15. The van der Waals surface area contributed by atoms with Crippen LogP contribution in [0.2, 0.25) is 0 Å². The molecule has 0 aromatic heterocycles. The van der Waals surface area contributed by atoms with Crippen LogP contribution in [0.3, 0.4) is 0 Å². The van der Waals surface area contributed by atoms with Crippen LogP contribution in [-0.2, 0) is 14.8 Å². The van der Waals surface area contributed by atoms with Gasteiger partial charge in [-0.1, -0.05) is 0 Å². The molecule has 0 saturated carbocycles. The molecular weight excluding hydrogens is 256 g/mol. The summed E-state index contributed by atoms with van der Waals surface area (Å²) in [5.41, 5.74) is 0.583. The maximum absolute atomic E-state index is 11.0. The molecule has 0 saturated heterocycles. The lowest BCUT2D eigenvalue weighted by Gasteiger charge is -2.08. The van der Waals surface area contributed by atoms with Crippen molar-refractivity contribution in [2.45, 2.75) is 10.6 Å². The van der Waals surface area contributed by atoms with Crippen molar-refractivity contribution < 1.29 is 13.2 Å². The smallest absolute Gasteiger partial charge is 0.236 e. The van der Waals surface area contributed by atoms with Crippen LogP contribution in [0, 0.1) is 0 Å². The van der Waals surface area contributed by atoms with Crippen molar-refractivity contribution in [2.75, 3.05) is 13.4 Å². The second kappa shape index (κ2) is 5.09. The predicted octanol–water partition coefficient (Wildman–Crippen LogP) is 2.49. The highest BCUT2D eigenvalue weighted by atomic mass is 35.7. The normalized spacial score (nSPS) is 11.4. The molecule has 0 atom stereocenters. The molecule has 0 amide bonds. The molecule has 84 valence electrons. The van der Waals surface area contributed by atoms with Crippen LogP contribution >= 0.6 is 22.4 Å². The molecule has 3 nitrogen and oxygen atoms in total. The zero-order valence-electron chi connectivity index (χ0n) is 8.36. The van der Waals surface area contributed by atoms with Gasteiger partial charge in [-0.2, -0.15) is 0 Å². The summed E-state index contributed by atoms with van der Waals surface area (Å²) in [6.07, 6.45) is 1.92. The Morgan fingerprint density at radius 1 is 1.47 bits per heavy atom. The number of ether oxygens (including phenoxy) is 1. The summed E-state index contributed by atoms with van der Waals surface area (Å²) in [6.45, 7) is 0. The minimum absolute atomic E-state index is 0.216. The maximum atomic E-state index is 11.0. The third kappa shape index (κ3) is 3.93. The quantitative estimate of drug-likeness (QED) is 0.620. The Labute approximate surface area is 98.2 Å². The van der Waals surface area contributed by atoms with Gasteiger partial charge >= 0.3 is 0 Å². The predicted molar refractivity (Wildman–Crippen MR) is 63.3 cm³/mol. The molecule has 1 aromatic rings. The van der Waals surface area contributed by atoms with Crippen LogP contribution in [0.1, 0.15) is 5.56 Å². The Morgan fingerprint density at radius 2 is 2.13 bits per heavy atom. The van der Waals surface area contributed by atoms with Gasteiger partial charge in [0, 0.05) is 21.1 Å². The summed E-state index contributed by atoms with van der Waals surface area (Å²) in [4.78, 5) is 0.978. The molecule has 0 N–H and O–H groups in total. The fourth-order valence-corrected chi connectivity index (χ4v) is 2.59. The van der Waals surface area contributed by atoms with Crippen molar-refractivity contribution in [3.8, 4) is 5.75 Å². The van der Waals surface area contributed by atoms with E-state index < -0.39 is 9.05 Å². The van der Waals surface area contributed by atoms with Crippen LogP contribution in [0.15, 0.2) is 23.1 Å². The zero-order valence-corrected chi connectivity index (χ0v) is 10.7. The average molecular weight is 267 g/mol. The van der Waals surface area contributed by atoms with Gasteiger partial charge in [-0.15, -0.1) is 11.8 Å². The van der Waals surface area contributed by atoms with E-state index in [2.05, 4.69) is 0 Å². The van der Waals surface area contributed by atoms with Gasteiger partial charge in [0.1, 0.15) is 5.75 Å². The molecule has 0 aliphatic heterocycles. The molecular formula is C9H11ClO3S2. The highest BCUT2D eigenvalue weighted by Crippen LogP contribution is 2.26. The van der Waals surface area contributed by atoms with E-state index in [4.69, 9.17) is 15.4 Å². The summed E-state index contributed by atoms with van der Waals surface area (Å²) in [5.74, 6) is 0.323. The standard InChI is InChI=1S/C9H11ClO3S2/c1-13-9-4-3-8(14-2)5-7(9)6-15(10,11)12/h3-5H,6H2,1-2H3. The van der Waals surface area contributed by atoms with Gasteiger partial charge in [0.2, 0.25) is 9.05 Å². The van der Waals surface area contributed by atoms with E-state index in [1.165, 1.54) is 18.9 Å². The molecule has 0 unspecified atom stereocenters. The van der Waals surface area contributed by atoms with Gasteiger partial charge in [-0.05, 0) is 24.5 Å². The minimum Gasteiger partial charge on any atom is -0.496 e. The first kappa shape index (κ1) is 12.7. The second-order valence-corrected chi connectivity index (χ2v) is 6.52. The lowest BCUT2D eigenvalue weighted by Crippen LogP contribution is -1.98. The Hall–Kier alpha value is -0.390. The minimum atomic E-state index is -3.55. The first-order valence-corrected chi connectivity index (χ1v) is 7.80. The molecule has 0 aliphatic carbocycles. The van der Waals surface area contributed by atoms with E-state index in [1.807, 2.05) is 12.3 Å². The van der Waals surface area contributed by atoms with Crippen LogP contribution in [0.5, 0.6) is 5.75 Å². The molecule has 15 heavy (non-hydrogen) atoms. The van der Waals surface area contributed by atoms with Crippen molar-refractivity contribution in [3.63, 3.8) is 0 Å². The fraction of sp³-hybridized carbons (Fsp3) is 0.333. The van der Waals surface area contributed by atoms with E-state index >= 15 is 0 Å². The van der Waals surface area contributed by atoms with Crippen molar-refractivity contribution >= 4 is 31.5 Å². The van der Waals surface area contributed by atoms with Crippen LogP contribution in [-0.4, -0.2) is 21.8 Å². The van der Waals surface area contributed by atoms with Gasteiger partial charge in [0.15, 0.2) is 0 Å². The first-order chi connectivity index (χ1) is 6.96. The maximum Gasteiger partial charge on any atom is 0.236 e. The molecule has 0 fully saturated rings. The largest absolute Gasteiger partial charge is 0.496 e. The van der Waals surface area contributed by atoms with Crippen LogP contribution in [0.25, 0.3) is 0 Å².